The first-order valence-electron chi connectivity index (χ1n) is 6.87. The lowest BCUT2D eigenvalue weighted by atomic mass is 9.85. The van der Waals surface area contributed by atoms with E-state index in [2.05, 4.69) is 0 Å². The number of aliphatic hydroxyl groups excluding tert-OH is 1. The molecule has 1 aromatic rings. The lowest BCUT2D eigenvalue weighted by Crippen LogP contribution is -2.29. The van der Waals surface area contributed by atoms with Crippen molar-refractivity contribution in [3.63, 3.8) is 0 Å². The number of hydrogen-bond acceptors (Lipinski definition) is 4. The first-order valence-corrected chi connectivity index (χ1v) is 6.87. The SMILES string of the molecule is O=C1CCCC(O)=C1CC1COc2ccccc2C1=O. The molecular weight excluding hydrogens is 256 g/mol. The predicted molar refractivity (Wildman–Crippen MR) is 72.9 cm³/mol. The summed E-state index contributed by atoms with van der Waals surface area (Å²) in [7, 11) is 0. The number of Topliss-reactive ketones (excluding diaryl/α,β-unsaturated/α-hetero) is 2. The number of para-hydroxylation sites is 1. The van der Waals surface area contributed by atoms with E-state index in [0.717, 1.165) is 0 Å². The smallest absolute Gasteiger partial charge is 0.173 e. The van der Waals surface area contributed by atoms with Crippen molar-refractivity contribution in [2.45, 2.75) is 25.7 Å². The fraction of sp³-hybridized carbons (Fsp3) is 0.375. The fourth-order valence-electron chi connectivity index (χ4n) is 2.79. The molecule has 0 aromatic heterocycles. The van der Waals surface area contributed by atoms with E-state index in [1.807, 2.05) is 6.07 Å². The second-order valence-electron chi connectivity index (χ2n) is 5.27. The van der Waals surface area contributed by atoms with Crippen LogP contribution in [0.3, 0.4) is 0 Å². The monoisotopic (exact) mass is 272 g/mol. The highest BCUT2D eigenvalue weighted by Gasteiger charge is 2.32. The summed E-state index contributed by atoms with van der Waals surface area (Å²) in [4.78, 5) is 24.3. The van der Waals surface area contributed by atoms with Crippen molar-refractivity contribution >= 4 is 11.6 Å². The zero-order valence-electron chi connectivity index (χ0n) is 11.1. The standard InChI is InChI=1S/C16H16O4/c17-13-5-3-6-14(18)12(13)8-10-9-20-15-7-2-1-4-11(15)16(10)19/h1-2,4,7,10,17H,3,5-6,8-9H2. The molecule has 0 saturated heterocycles. The first kappa shape index (κ1) is 12.9. The summed E-state index contributed by atoms with van der Waals surface area (Å²) < 4.78 is 5.58. The Bertz CT molecular complexity index is 600. The Hall–Kier alpha value is -2.10. The maximum Gasteiger partial charge on any atom is 0.173 e. The maximum absolute atomic E-state index is 12.4. The van der Waals surface area contributed by atoms with Gasteiger partial charge in [-0.25, -0.2) is 0 Å². The Morgan fingerprint density at radius 1 is 1.20 bits per heavy atom. The molecule has 1 aromatic carbocycles. The van der Waals surface area contributed by atoms with E-state index in [0.29, 0.717) is 36.1 Å². The van der Waals surface area contributed by atoms with E-state index in [-0.39, 0.29) is 36.3 Å². The van der Waals surface area contributed by atoms with Gasteiger partial charge < -0.3 is 9.84 Å². The second-order valence-corrected chi connectivity index (χ2v) is 5.27. The molecule has 0 fully saturated rings. The van der Waals surface area contributed by atoms with Crippen LogP contribution in [-0.2, 0) is 4.79 Å². The van der Waals surface area contributed by atoms with Crippen molar-refractivity contribution < 1.29 is 19.4 Å². The third kappa shape index (κ3) is 2.22. The summed E-state index contributed by atoms with van der Waals surface area (Å²) in [5.74, 6) is 0.310. The normalized spacial score (nSPS) is 22.5. The van der Waals surface area contributed by atoms with Gasteiger partial charge in [-0.15, -0.1) is 0 Å². The minimum Gasteiger partial charge on any atom is -0.512 e. The van der Waals surface area contributed by atoms with Gasteiger partial charge in [0.1, 0.15) is 5.75 Å². The van der Waals surface area contributed by atoms with Crippen LogP contribution in [0, 0.1) is 5.92 Å². The van der Waals surface area contributed by atoms with Gasteiger partial charge in [0.2, 0.25) is 0 Å². The summed E-state index contributed by atoms with van der Waals surface area (Å²) in [6.07, 6.45) is 1.95. The number of ether oxygens (including phenoxy) is 1. The molecule has 0 saturated carbocycles. The van der Waals surface area contributed by atoms with Crippen LogP contribution in [0.15, 0.2) is 35.6 Å². The number of rotatable bonds is 2. The first-order chi connectivity index (χ1) is 9.66. The van der Waals surface area contributed by atoms with Gasteiger partial charge in [-0.3, -0.25) is 9.59 Å². The molecule has 1 aliphatic heterocycles. The third-order valence-electron chi connectivity index (χ3n) is 3.92. The van der Waals surface area contributed by atoms with Crippen molar-refractivity contribution in [1.29, 1.82) is 0 Å². The minimum atomic E-state index is -0.385. The van der Waals surface area contributed by atoms with Crippen LogP contribution in [-0.4, -0.2) is 23.3 Å². The second kappa shape index (κ2) is 5.12. The number of aliphatic hydroxyl groups is 1. The van der Waals surface area contributed by atoms with Crippen molar-refractivity contribution in [3.8, 4) is 5.75 Å². The Morgan fingerprint density at radius 3 is 2.80 bits per heavy atom. The fourth-order valence-corrected chi connectivity index (χ4v) is 2.79. The molecule has 4 nitrogen and oxygen atoms in total. The van der Waals surface area contributed by atoms with Crippen LogP contribution in [0.4, 0.5) is 0 Å². The van der Waals surface area contributed by atoms with Crippen LogP contribution in [0.1, 0.15) is 36.0 Å². The Labute approximate surface area is 117 Å². The van der Waals surface area contributed by atoms with Gasteiger partial charge in [0.05, 0.1) is 23.8 Å². The molecule has 2 aliphatic rings. The Balaban J connectivity index is 1.83. The van der Waals surface area contributed by atoms with Crippen LogP contribution in [0.2, 0.25) is 0 Å². The summed E-state index contributed by atoms with van der Waals surface area (Å²) in [5, 5.41) is 9.86. The summed E-state index contributed by atoms with van der Waals surface area (Å²) >= 11 is 0. The van der Waals surface area contributed by atoms with E-state index >= 15 is 0 Å². The molecule has 0 spiro atoms. The summed E-state index contributed by atoms with van der Waals surface area (Å²) in [6, 6.07) is 7.13. The quantitative estimate of drug-likeness (QED) is 0.899. The van der Waals surface area contributed by atoms with Gasteiger partial charge >= 0.3 is 0 Å². The number of ketones is 2. The average molecular weight is 272 g/mol. The van der Waals surface area contributed by atoms with E-state index in [1.54, 1.807) is 18.2 Å². The van der Waals surface area contributed by atoms with Crippen LogP contribution in [0.25, 0.3) is 0 Å². The molecule has 1 N–H and O–H groups in total. The van der Waals surface area contributed by atoms with Crippen molar-refractivity contribution in [2.75, 3.05) is 6.61 Å². The summed E-state index contributed by atoms with van der Waals surface area (Å²) in [5.41, 5.74) is 0.977. The zero-order chi connectivity index (χ0) is 14.1. The molecule has 4 heteroatoms. The molecule has 0 radical (unpaired) electrons. The number of allylic oxidation sites excluding steroid dienone is 2. The van der Waals surface area contributed by atoms with E-state index in [4.69, 9.17) is 4.74 Å². The minimum absolute atomic E-state index is 0.00877. The Morgan fingerprint density at radius 2 is 2.00 bits per heavy atom. The van der Waals surface area contributed by atoms with E-state index in [9.17, 15) is 14.7 Å². The molecule has 1 unspecified atom stereocenters. The topological polar surface area (TPSA) is 63.6 Å². The number of benzene rings is 1. The van der Waals surface area contributed by atoms with Crippen LogP contribution in [0.5, 0.6) is 5.75 Å². The number of carbonyl (C=O) groups is 2. The van der Waals surface area contributed by atoms with Gasteiger partial charge in [0, 0.05) is 18.4 Å². The maximum atomic E-state index is 12.4. The predicted octanol–water partition coefficient (Wildman–Crippen LogP) is 2.83. The lowest BCUT2D eigenvalue weighted by molar-refractivity contribution is -0.116. The molecule has 1 heterocycles. The van der Waals surface area contributed by atoms with Crippen LogP contribution >= 0.6 is 0 Å². The molecule has 104 valence electrons. The van der Waals surface area contributed by atoms with Crippen molar-refractivity contribution in [3.05, 3.63) is 41.2 Å². The highest BCUT2D eigenvalue weighted by Crippen LogP contribution is 2.32. The Kier molecular flexibility index (Phi) is 3.30. The molecule has 0 amide bonds. The molecular formula is C16H16O4. The van der Waals surface area contributed by atoms with Gasteiger partial charge in [-0.2, -0.15) is 0 Å². The molecule has 3 rings (SSSR count). The summed E-state index contributed by atoms with van der Waals surface area (Å²) in [6.45, 7) is 0.264. The lowest BCUT2D eigenvalue weighted by Gasteiger charge is -2.25. The largest absolute Gasteiger partial charge is 0.512 e. The van der Waals surface area contributed by atoms with E-state index in [1.165, 1.54) is 0 Å². The average Bonchev–Trinajstić information content (AvgIpc) is 2.45. The van der Waals surface area contributed by atoms with Gasteiger partial charge in [0.15, 0.2) is 11.6 Å². The third-order valence-corrected chi connectivity index (χ3v) is 3.92. The molecule has 1 aliphatic carbocycles. The van der Waals surface area contributed by atoms with Crippen molar-refractivity contribution in [2.24, 2.45) is 5.92 Å². The zero-order valence-corrected chi connectivity index (χ0v) is 11.1. The highest BCUT2D eigenvalue weighted by atomic mass is 16.5. The highest BCUT2D eigenvalue weighted by molar-refractivity contribution is 6.03. The van der Waals surface area contributed by atoms with Gasteiger partial charge in [0.25, 0.3) is 0 Å². The van der Waals surface area contributed by atoms with Gasteiger partial charge in [-0.1, -0.05) is 12.1 Å². The van der Waals surface area contributed by atoms with Crippen LogP contribution < -0.4 is 4.74 Å². The molecule has 20 heavy (non-hydrogen) atoms. The number of hydrogen-bond donors (Lipinski definition) is 1. The van der Waals surface area contributed by atoms with Crippen molar-refractivity contribution in [1.82, 2.24) is 0 Å². The molecule has 0 bridgehead atoms. The number of fused-ring (bicyclic) bond motifs is 1. The van der Waals surface area contributed by atoms with E-state index < -0.39 is 0 Å². The number of carbonyl (C=O) groups excluding carboxylic acids is 2. The van der Waals surface area contributed by atoms with Gasteiger partial charge in [-0.05, 0) is 25.0 Å². The molecule has 1 atom stereocenters.